The fraction of sp³-hybridized carbons (Fsp3) is 0.125. The van der Waals surface area contributed by atoms with Gasteiger partial charge < -0.3 is 20.1 Å². The summed E-state index contributed by atoms with van der Waals surface area (Å²) in [6.45, 7) is -1.33. The van der Waals surface area contributed by atoms with Crippen molar-refractivity contribution in [2.24, 2.45) is 0 Å². The Bertz CT molecular complexity index is 885. The molecular formula is C16H13FN2O8. The molecule has 10 nitrogen and oxygen atoms in total. The first-order chi connectivity index (χ1) is 12.7. The van der Waals surface area contributed by atoms with Crippen molar-refractivity contribution >= 4 is 23.4 Å². The number of carbonyl (C=O) groups excluding carboxylic acids is 1. The number of nitro benzene ring substituents is 1. The number of anilines is 1. The maximum Gasteiger partial charge on any atom is 0.415 e. The highest BCUT2D eigenvalue weighted by Crippen LogP contribution is 2.32. The van der Waals surface area contributed by atoms with E-state index in [9.17, 15) is 34.3 Å². The molecule has 0 fully saturated rings. The van der Waals surface area contributed by atoms with Crippen LogP contribution in [-0.2, 0) is 16.1 Å². The third-order valence-electron chi connectivity index (χ3n) is 3.36. The zero-order chi connectivity index (χ0) is 20.1. The lowest BCUT2D eigenvalue weighted by Crippen LogP contribution is -2.36. The quantitative estimate of drug-likeness (QED) is 0.393. The van der Waals surface area contributed by atoms with Crippen LogP contribution in [0.15, 0.2) is 36.4 Å². The van der Waals surface area contributed by atoms with Gasteiger partial charge >= 0.3 is 12.1 Å². The largest absolute Gasteiger partial charge is 0.504 e. The number of benzene rings is 2. The molecule has 2 aromatic carbocycles. The second kappa shape index (κ2) is 7.99. The summed E-state index contributed by atoms with van der Waals surface area (Å²) in [4.78, 5) is 33.6. The van der Waals surface area contributed by atoms with E-state index in [4.69, 9.17) is 9.84 Å². The minimum atomic E-state index is -1.48. The summed E-state index contributed by atoms with van der Waals surface area (Å²) >= 11 is 0. The number of hydrogen-bond acceptors (Lipinski definition) is 7. The Balaban J connectivity index is 2.19. The fourth-order valence-corrected chi connectivity index (χ4v) is 2.07. The predicted molar refractivity (Wildman–Crippen MR) is 88.0 cm³/mol. The first-order valence-electron chi connectivity index (χ1n) is 7.30. The molecular weight excluding hydrogens is 367 g/mol. The molecule has 27 heavy (non-hydrogen) atoms. The standard InChI is InChI=1S/C16H13FN2O8/c17-11-5-13(20)14(21)6-12(11)18(7-15(22)23)16(24)27-8-9-1-3-10(4-2-9)19(25)26/h1-6,20-21H,7-8H2,(H,22,23). The van der Waals surface area contributed by atoms with Crippen LogP contribution in [0, 0.1) is 15.9 Å². The molecule has 11 heteroatoms. The van der Waals surface area contributed by atoms with Gasteiger partial charge in [-0.1, -0.05) is 0 Å². The van der Waals surface area contributed by atoms with Crippen LogP contribution in [0.1, 0.15) is 5.56 Å². The minimum absolute atomic E-state index is 0.167. The summed E-state index contributed by atoms with van der Waals surface area (Å²) in [7, 11) is 0. The third kappa shape index (κ3) is 4.81. The summed E-state index contributed by atoms with van der Waals surface area (Å²) < 4.78 is 18.9. The van der Waals surface area contributed by atoms with E-state index in [1.165, 1.54) is 24.3 Å². The second-order valence-corrected chi connectivity index (χ2v) is 5.25. The van der Waals surface area contributed by atoms with Crippen LogP contribution in [0.2, 0.25) is 0 Å². The number of phenols is 2. The zero-order valence-corrected chi connectivity index (χ0v) is 13.5. The van der Waals surface area contributed by atoms with Gasteiger partial charge in [0.15, 0.2) is 17.3 Å². The topological polar surface area (TPSA) is 150 Å². The molecule has 0 aliphatic rings. The fourth-order valence-electron chi connectivity index (χ4n) is 2.07. The number of hydrogen-bond donors (Lipinski definition) is 3. The highest BCUT2D eigenvalue weighted by atomic mass is 19.1. The Morgan fingerprint density at radius 2 is 1.74 bits per heavy atom. The number of phenolic OH excluding ortho intramolecular Hbond substituents is 2. The number of amides is 1. The average molecular weight is 380 g/mol. The van der Waals surface area contributed by atoms with Gasteiger partial charge in [-0.2, -0.15) is 0 Å². The van der Waals surface area contributed by atoms with Crippen molar-refractivity contribution in [2.75, 3.05) is 11.4 Å². The Morgan fingerprint density at radius 1 is 1.15 bits per heavy atom. The number of nitro groups is 1. The molecule has 1 amide bonds. The van der Waals surface area contributed by atoms with Crippen LogP contribution in [0.5, 0.6) is 11.5 Å². The predicted octanol–water partition coefficient (Wildman–Crippen LogP) is 2.37. The highest BCUT2D eigenvalue weighted by molar-refractivity contribution is 5.93. The van der Waals surface area contributed by atoms with Gasteiger partial charge in [-0.15, -0.1) is 0 Å². The lowest BCUT2D eigenvalue weighted by molar-refractivity contribution is -0.384. The van der Waals surface area contributed by atoms with Gasteiger partial charge in [0.25, 0.3) is 5.69 Å². The molecule has 2 rings (SSSR count). The van der Waals surface area contributed by atoms with Crippen molar-refractivity contribution < 1.29 is 39.0 Å². The monoisotopic (exact) mass is 380 g/mol. The molecule has 3 N–H and O–H groups in total. The van der Waals surface area contributed by atoms with Crippen molar-refractivity contribution in [2.45, 2.75) is 6.61 Å². The van der Waals surface area contributed by atoms with Crippen LogP contribution in [0.4, 0.5) is 20.6 Å². The zero-order valence-electron chi connectivity index (χ0n) is 13.5. The van der Waals surface area contributed by atoms with Crippen LogP contribution >= 0.6 is 0 Å². The number of halogens is 1. The van der Waals surface area contributed by atoms with E-state index in [-0.39, 0.29) is 12.3 Å². The number of aromatic hydroxyl groups is 2. The normalized spacial score (nSPS) is 10.3. The number of ether oxygens (including phenoxy) is 1. The number of carboxylic acid groups (broad SMARTS) is 1. The van der Waals surface area contributed by atoms with Crippen molar-refractivity contribution in [1.82, 2.24) is 0 Å². The van der Waals surface area contributed by atoms with E-state index < -0.39 is 46.5 Å². The minimum Gasteiger partial charge on any atom is -0.504 e. The van der Waals surface area contributed by atoms with Gasteiger partial charge in [0.2, 0.25) is 0 Å². The van der Waals surface area contributed by atoms with Gasteiger partial charge in [0, 0.05) is 24.3 Å². The molecule has 0 aliphatic carbocycles. The number of carboxylic acids is 1. The average Bonchev–Trinajstić information content (AvgIpc) is 2.61. The van der Waals surface area contributed by atoms with Gasteiger partial charge in [0.1, 0.15) is 13.2 Å². The number of carbonyl (C=O) groups is 2. The van der Waals surface area contributed by atoms with Crippen molar-refractivity contribution in [3.63, 3.8) is 0 Å². The van der Waals surface area contributed by atoms with Gasteiger partial charge in [-0.3, -0.25) is 19.8 Å². The van der Waals surface area contributed by atoms with E-state index in [1.807, 2.05) is 0 Å². The lowest BCUT2D eigenvalue weighted by atomic mass is 10.2. The first-order valence-corrected chi connectivity index (χ1v) is 7.30. The number of nitrogens with zero attached hydrogens (tertiary/aromatic N) is 2. The second-order valence-electron chi connectivity index (χ2n) is 5.25. The van der Waals surface area contributed by atoms with Crippen LogP contribution < -0.4 is 4.90 Å². The number of aliphatic carboxylic acids is 1. The first kappa shape index (κ1) is 19.4. The summed E-state index contributed by atoms with van der Waals surface area (Å²) in [6, 6.07) is 6.25. The van der Waals surface area contributed by atoms with E-state index in [1.54, 1.807) is 0 Å². The van der Waals surface area contributed by atoms with Gasteiger partial charge in [-0.05, 0) is 17.7 Å². The van der Waals surface area contributed by atoms with E-state index >= 15 is 0 Å². The molecule has 0 saturated heterocycles. The molecule has 0 bridgehead atoms. The van der Waals surface area contributed by atoms with E-state index in [0.29, 0.717) is 22.6 Å². The molecule has 0 saturated carbocycles. The summed E-state index contributed by atoms with van der Waals surface area (Å²) in [5.41, 5.74) is -0.404. The summed E-state index contributed by atoms with van der Waals surface area (Å²) in [5, 5.41) is 38.2. The molecule has 0 aliphatic heterocycles. The Hall–Kier alpha value is -3.89. The molecule has 0 radical (unpaired) electrons. The Morgan fingerprint density at radius 3 is 2.30 bits per heavy atom. The van der Waals surface area contributed by atoms with Crippen molar-refractivity contribution in [3.8, 4) is 11.5 Å². The maximum atomic E-state index is 14.0. The smallest absolute Gasteiger partial charge is 0.415 e. The van der Waals surface area contributed by atoms with Crippen molar-refractivity contribution in [3.05, 3.63) is 57.9 Å². The lowest BCUT2D eigenvalue weighted by Gasteiger charge is -2.21. The number of non-ortho nitro benzene ring substituents is 1. The van der Waals surface area contributed by atoms with Gasteiger partial charge in [-0.25, -0.2) is 9.18 Å². The molecule has 2 aromatic rings. The maximum absolute atomic E-state index is 14.0. The molecule has 0 heterocycles. The molecule has 0 spiro atoms. The number of rotatable bonds is 6. The van der Waals surface area contributed by atoms with Gasteiger partial charge in [0.05, 0.1) is 10.6 Å². The molecule has 0 aromatic heterocycles. The van der Waals surface area contributed by atoms with Crippen LogP contribution in [-0.4, -0.2) is 38.9 Å². The van der Waals surface area contributed by atoms with Crippen LogP contribution in [0.3, 0.4) is 0 Å². The Kier molecular flexibility index (Phi) is 5.75. The third-order valence-corrected chi connectivity index (χ3v) is 3.36. The Labute approximate surface area is 150 Å². The SMILES string of the molecule is O=C(O)CN(C(=O)OCc1ccc([N+](=O)[O-])cc1)c1cc(O)c(O)cc1F. The van der Waals surface area contributed by atoms with E-state index in [2.05, 4.69) is 0 Å². The summed E-state index contributed by atoms with van der Waals surface area (Å²) in [5.74, 6) is -4.18. The van der Waals surface area contributed by atoms with E-state index in [0.717, 1.165) is 0 Å². The molecule has 0 unspecified atom stereocenters. The van der Waals surface area contributed by atoms with Crippen LogP contribution in [0.25, 0.3) is 0 Å². The summed E-state index contributed by atoms with van der Waals surface area (Å²) in [6.07, 6.45) is -1.24. The highest BCUT2D eigenvalue weighted by Gasteiger charge is 2.25. The molecule has 142 valence electrons. The van der Waals surface area contributed by atoms with Crippen molar-refractivity contribution in [1.29, 1.82) is 0 Å². The molecule has 0 atom stereocenters.